The van der Waals surface area contributed by atoms with E-state index in [-0.39, 0.29) is 24.3 Å². The lowest BCUT2D eigenvalue weighted by Crippen LogP contribution is -2.12. The van der Waals surface area contributed by atoms with E-state index < -0.39 is 22.5 Å². The van der Waals surface area contributed by atoms with Gasteiger partial charge in [0.05, 0.1) is 23.7 Å². The number of carbonyl (C=O) groups excluding carboxylic acids is 2. The second kappa shape index (κ2) is 12.4. The van der Waals surface area contributed by atoms with Gasteiger partial charge in [0.15, 0.2) is 0 Å². The number of allylic oxidation sites excluding steroid dienone is 2. The summed E-state index contributed by atoms with van der Waals surface area (Å²) in [6.45, 7) is 7.59. The van der Waals surface area contributed by atoms with Crippen LogP contribution in [-0.2, 0) is 9.47 Å². The second-order valence-electron chi connectivity index (χ2n) is 5.83. The molecule has 27 heavy (non-hydrogen) atoms. The molecule has 7 heteroatoms. The van der Waals surface area contributed by atoms with Crippen LogP contribution >= 0.6 is 0 Å². The SMILES string of the molecule is C=CCCCCOC(=O)c1ccc(C(=O)OCCCCC=C)c([N+](=O)[O-])c1. The van der Waals surface area contributed by atoms with Crippen molar-refractivity contribution in [1.29, 1.82) is 0 Å². The summed E-state index contributed by atoms with van der Waals surface area (Å²) >= 11 is 0. The largest absolute Gasteiger partial charge is 0.462 e. The molecule has 0 amide bonds. The molecule has 0 aliphatic heterocycles. The Kier molecular flexibility index (Phi) is 10.1. The molecule has 0 saturated heterocycles. The summed E-state index contributed by atoms with van der Waals surface area (Å²) in [5, 5.41) is 11.3. The van der Waals surface area contributed by atoms with Gasteiger partial charge >= 0.3 is 11.9 Å². The fourth-order valence-electron chi connectivity index (χ4n) is 2.25. The van der Waals surface area contributed by atoms with E-state index >= 15 is 0 Å². The van der Waals surface area contributed by atoms with E-state index in [0.717, 1.165) is 31.7 Å². The quantitative estimate of drug-likeness (QED) is 0.164. The summed E-state index contributed by atoms with van der Waals surface area (Å²) in [5.41, 5.74) is -0.647. The summed E-state index contributed by atoms with van der Waals surface area (Å²) < 4.78 is 10.2. The van der Waals surface area contributed by atoms with E-state index in [9.17, 15) is 19.7 Å². The van der Waals surface area contributed by atoms with Crippen molar-refractivity contribution in [1.82, 2.24) is 0 Å². The predicted octanol–water partition coefficient (Wildman–Crippen LogP) is 4.62. The van der Waals surface area contributed by atoms with Gasteiger partial charge in [-0.25, -0.2) is 9.59 Å². The van der Waals surface area contributed by atoms with Crippen molar-refractivity contribution in [2.75, 3.05) is 13.2 Å². The molecule has 7 nitrogen and oxygen atoms in total. The minimum absolute atomic E-state index is 0.0213. The molecular weight excluding hydrogens is 350 g/mol. The number of nitrogens with zero attached hydrogens (tertiary/aromatic N) is 1. The van der Waals surface area contributed by atoms with E-state index in [4.69, 9.17) is 9.47 Å². The molecule has 0 unspecified atom stereocenters. The van der Waals surface area contributed by atoms with Gasteiger partial charge in [-0.1, -0.05) is 12.2 Å². The average Bonchev–Trinajstić information content (AvgIpc) is 2.66. The average molecular weight is 375 g/mol. The molecule has 0 aliphatic rings. The predicted molar refractivity (Wildman–Crippen MR) is 102 cm³/mol. The van der Waals surface area contributed by atoms with Gasteiger partial charge in [-0.2, -0.15) is 0 Å². The van der Waals surface area contributed by atoms with Gasteiger partial charge in [0, 0.05) is 6.07 Å². The Morgan fingerprint density at radius 1 is 0.963 bits per heavy atom. The highest BCUT2D eigenvalue weighted by molar-refractivity contribution is 5.97. The molecule has 0 aliphatic carbocycles. The zero-order valence-electron chi connectivity index (χ0n) is 15.4. The Morgan fingerprint density at radius 2 is 1.52 bits per heavy atom. The lowest BCUT2D eigenvalue weighted by Gasteiger charge is -2.07. The van der Waals surface area contributed by atoms with Crippen molar-refractivity contribution in [3.63, 3.8) is 0 Å². The molecule has 0 saturated carbocycles. The van der Waals surface area contributed by atoms with Crippen LogP contribution in [0.3, 0.4) is 0 Å². The van der Waals surface area contributed by atoms with Gasteiger partial charge in [-0.15, -0.1) is 13.2 Å². The van der Waals surface area contributed by atoms with Crippen molar-refractivity contribution >= 4 is 17.6 Å². The number of nitro benzene ring substituents is 1. The highest BCUT2D eigenvalue weighted by Crippen LogP contribution is 2.22. The minimum atomic E-state index is -0.787. The van der Waals surface area contributed by atoms with E-state index in [1.54, 1.807) is 12.2 Å². The molecule has 0 atom stereocenters. The molecular formula is C20H25NO6. The molecule has 0 N–H and O–H groups in total. The highest BCUT2D eigenvalue weighted by atomic mass is 16.6. The lowest BCUT2D eigenvalue weighted by molar-refractivity contribution is -0.385. The van der Waals surface area contributed by atoms with Crippen LogP contribution in [0.5, 0.6) is 0 Å². The molecule has 0 radical (unpaired) electrons. The number of benzene rings is 1. The first-order chi connectivity index (χ1) is 13.0. The fourth-order valence-corrected chi connectivity index (χ4v) is 2.25. The standard InChI is InChI=1S/C20H25NO6/c1-3-5-7-9-13-26-19(22)16-11-12-17(18(15-16)21(24)25)20(23)27-14-10-8-6-4-2/h3-4,11-12,15H,1-2,5-10,13-14H2. The number of nitro groups is 1. The summed E-state index contributed by atoms with van der Waals surface area (Å²) in [6, 6.07) is 3.59. The van der Waals surface area contributed by atoms with Gasteiger partial charge in [0.25, 0.3) is 5.69 Å². The summed E-state index contributed by atoms with van der Waals surface area (Å²) in [6.07, 6.45) is 8.16. The number of unbranched alkanes of at least 4 members (excludes halogenated alkanes) is 4. The van der Waals surface area contributed by atoms with Crippen molar-refractivity contribution in [3.05, 3.63) is 64.8 Å². The van der Waals surface area contributed by atoms with Crippen LogP contribution in [0.25, 0.3) is 0 Å². The number of hydrogen-bond donors (Lipinski definition) is 0. The van der Waals surface area contributed by atoms with Crippen molar-refractivity contribution in [2.24, 2.45) is 0 Å². The summed E-state index contributed by atoms with van der Waals surface area (Å²) in [5.74, 6) is -1.45. The minimum Gasteiger partial charge on any atom is -0.462 e. The summed E-state index contributed by atoms with van der Waals surface area (Å²) in [4.78, 5) is 34.7. The first-order valence-electron chi connectivity index (χ1n) is 8.85. The zero-order valence-corrected chi connectivity index (χ0v) is 15.4. The van der Waals surface area contributed by atoms with Gasteiger partial charge in [0.2, 0.25) is 0 Å². The molecule has 0 spiro atoms. The smallest absolute Gasteiger partial charge is 0.345 e. The third kappa shape index (κ3) is 7.85. The molecule has 1 aromatic rings. The maximum Gasteiger partial charge on any atom is 0.345 e. The van der Waals surface area contributed by atoms with Crippen LogP contribution in [0, 0.1) is 10.1 Å². The Labute approximate surface area is 158 Å². The number of ether oxygens (including phenoxy) is 2. The Hall–Kier alpha value is -2.96. The third-order valence-corrected chi connectivity index (χ3v) is 3.72. The lowest BCUT2D eigenvalue weighted by atomic mass is 10.1. The fraction of sp³-hybridized carbons (Fsp3) is 0.400. The maximum absolute atomic E-state index is 12.1. The van der Waals surface area contributed by atoms with Crippen LogP contribution in [-0.4, -0.2) is 30.1 Å². The third-order valence-electron chi connectivity index (χ3n) is 3.72. The van der Waals surface area contributed by atoms with Gasteiger partial charge < -0.3 is 9.47 Å². The number of carbonyl (C=O) groups is 2. The Balaban J connectivity index is 2.71. The van der Waals surface area contributed by atoms with E-state index in [1.165, 1.54) is 12.1 Å². The topological polar surface area (TPSA) is 95.7 Å². The monoisotopic (exact) mass is 375 g/mol. The van der Waals surface area contributed by atoms with Crippen LogP contribution < -0.4 is 0 Å². The van der Waals surface area contributed by atoms with Crippen LogP contribution in [0.15, 0.2) is 43.5 Å². The van der Waals surface area contributed by atoms with Crippen LogP contribution in [0.1, 0.15) is 59.2 Å². The first kappa shape index (κ1) is 22.1. The van der Waals surface area contributed by atoms with Gasteiger partial charge in [-0.3, -0.25) is 10.1 Å². The van der Waals surface area contributed by atoms with E-state index in [1.807, 2.05) is 0 Å². The number of rotatable bonds is 13. The second-order valence-corrected chi connectivity index (χ2v) is 5.83. The Morgan fingerprint density at radius 3 is 2.04 bits per heavy atom. The van der Waals surface area contributed by atoms with Gasteiger partial charge in [0.1, 0.15) is 5.56 Å². The molecule has 1 aromatic carbocycles. The van der Waals surface area contributed by atoms with Crippen molar-refractivity contribution in [3.8, 4) is 0 Å². The van der Waals surface area contributed by atoms with Gasteiger partial charge in [-0.05, 0) is 50.7 Å². The zero-order chi connectivity index (χ0) is 20.1. The van der Waals surface area contributed by atoms with Crippen molar-refractivity contribution < 1.29 is 24.0 Å². The molecule has 0 fully saturated rings. The van der Waals surface area contributed by atoms with Crippen LogP contribution in [0.2, 0.25) is 0 Å². The Bertz CT molecular complexity index is 683. The molecule has 0 bridgehead atoms. The molecule has 146 valence electrons. The highest BCUT2D eigenvalue weighted by Gasteiger charge is 2.24. The maximum atomic E-state index is 12.1. The first-order valence-corrected chi connectivity index (χ1v) is 8.85. The van der Waals surface area contributed by atoms with Crippen LogP contribution in [0.4, 0.5) is 5.69 Å². The summed E-state index contributed by atoms with van der Waals surface area (Å²) in [7, 11) is 0. The van der Waals surface area contributed by atoms with E-state index in [0.29, 0.717) is 12.8 Å². The molecule has 0 aromatic heterocycles. The molecule has 0 heterocycles. The normalized spacial score (nSPS) is 10.1. The number of hydrogen-bond acceptors (Lipinski definition) is 6. The van der Waals surface area contributed by atoms with E-state index in [2.05, 4.69) is 13.2 Å². The molecule has 1 rings (SSSR count). The number of esters is 2. The van der Waals surface area contributed by atoms with Crippen molar-refractivity contribution in [2.45, 2.75) is 38.5 Å².